The third kappa shape index (κ3) is 5.66. The minimum Gasteiger partial charge on any atom is -0.372 e. The molecule has 1 saturated heterocycles. The number of piperidine rings is 1. The largest absolute Gasteiger partial charge is 0.372 e. The molecule has 0 saturated carbocycles. The first-order valence-electron chi connectivity index (χ1n) is 11.7. The molecule has 5 rings (SSSR count). The van der Waals surface area contributed by atoms with Crippen LogP contribution in [0.5, 0.6) is 0 Å². The van der Waals surface area contributed by atoms with E-state index in [-0.39, 0.29) is 6.10 Å². The first kappa shape index (κ1) is 21.8. The van der Waals surface area contributed by atoms with Crippen LogP contribution in [0.4, 0.5) is 0 Å². The van der Waals surface area contributed by atoms with Crippen molar-refractivity contribution < 1.29 is 9.47 Å². The van der Waals surface area contributed by atoms with E-state index in [4.69, 9.17) is 9.47 Å². The van der Waals surface area contributed by atoms with Gasteiger partial charge in [-0.3, -0.25) is 4.98 Å². The highest BCUT2D eigenvalue weighted by atomic mass is 16.5. The van der Waals surface area contributed by atoms with Crippen molar-refractivity contribution in [3.05, 3.63) is 114 Å². The molecule has 0 radical (unpaired) electrons. The predicted octanol–water partition coefficient (Wildman–Crippen LogP) is 5.61. The Morgan fingerprint density at radius 2 is 1.61 bits per heavy atom. The minimum absolute atomic E-state index is 0.165. The van der Waals surface area contributed by atoms with Crippen LogP contribution in [0.3, 0.4) is 0 Å². The Hall–Kier alpha value is -3.05. The second-order valence-electron chi connectivity index (χ2n) is 8.73. The van der Waals surface area contributed by atoms with Gasteiger partial charge in [-0.05, 0) is 58.1 Å². The highest BCUT2D eigenvalue weighted by Crippen LogP contribution is 2.29. The summed E-state index contributed by atoms with van der Waals surface area (Å²) in [5.74, 6) is 0.400. The van der Waals surface area contributed by atoms with E-state index in [2.05, 4.69) is 77.0 Å². The van der Waals surface area contributed by atoms with Crippen LogP contribution >= 0.6 is 0 Å². The molecule has 2 atom stereocenters. The summed E-state index contributed by atoms with van der Waals surface area (Å²) in [5.41, 5.74) is 4.84. The average Bonchev–Trinajstić information content (AvgIpc) is 2.89. The van der Waals surface area contributed by atoms with E-state index in [0.717, 1.165) is 25.1 Å². The maximum atomic E-state index is 6.44. The number of nitrogens with zero attached hydrogens (tertiary/aromatic N) is 1. The SMILES string of the molecule is c1cncc(COCc2ccc(C3CCNCC3OCc3ccc4ccccc4c3)cc2)c1. The predicted molar refractivity (Wildman–Crippen MR) is 132 cm³/mol. The molecule has 1 aromatic heterocycles. The van der Waals surface area contributed by atoms with Gasteiger partial charge >= 0.3 is 0 Å². The molecule has 168 valence electrons. The first-order valence-corrected chi connectivity index (χ1v) is 11.7. The van der Waals surface area contributed by atoms with Gasteiger partial charge in [0.1, 0.15) is 0 Å². The number of pyridine rings is 1. The Bertz CT molecular complexity index is 1160. The number of aromatic nitrogens is 1. The van der Waals surface area contributed by atoms with E-state index >= 15 is 0 Å². The molecule has 4 nitrogen and oxygen atoms in total. The highest BCUT2D eigenvalue weighted by Gasteiger charge is 2.27. The van der Waals surface area contributed by atoms with Crippen molar-refractivity contribution in [3.8, 4) is 0 Å². The third-order valence-electron chi connectivity index (χ3n) is 6.37. The molecular formula is C29H30N2O2. The van der Waals surface area contributed by atoms with Gasteiger partial charge in [-0.25, -0.2) is 0 Å². The number of fused-ring (bicyclic) bond motifs is 1. The van der Waals surface area contributed by atoms with Crippen LogP contribution in [0.25, 0.3) is 10.8 Å². The van der Waals surface area contributed by atoms with Crippen LogP contribution in [-0.4, -0.2) is 24.2 Å². The van der Waals surface area contributed by atoms with Gasteiger partial charge in [0, 0.05) is 24.9 Å². The fraction of sp³-hybridized carbons (Fsp3) is 0.276. The smallest absolute Gasteiger partial charge is 0.0772 e. The van der Waals surface area contributed by atoms with Crippen LogP contribution in [0.15, 0.2) is 91.3 Å². The van der Waals surface area contributed by atoms with Crippen LogP contribution in [0, 0.1) is 0 Å². The van der Waals surface area contributed by atoms with Crippen molar-refractivity contribution in [2.24, 2.45) is 0 Å². The molecule has 33 heavy (non-hydrogen) atoms. The van der Waals surface area contributed by atoms with Gasteiger partial charge < -0.3 is 14.8 Å². The number of benzene rings is 3. The van der Waals surface area contributed by atoms with Gasteiger partial charge in [0.2, 0.25) is 0 Å². The summed E-state index contributed by atoms with van der Waals surface area (Å²) in [6.07, 6.45) is 4.87. The topological polar surface area (TPSA) is 43.4 Å². The summed E-state index contributed by atoms with van der Waals surface area (Å²) in [6, 6.07) is 27.9. The average molecular weight is 439 g/mol. The van der Waals surface area contributed by atoms with Crippen LogP contribution < -0.4 is 5.32 Å². The lowest BCUT2D eigenvalue weighted by Gasteiger charge is -2.32. The quantitative estimate of drug-likeness (QED) is 0.388. The molecule has 1 aliphatic rings. The van der Waals surface area contributed by atoms with Gasteiger partial charge in [0.15, 0.2) is 0 Å². The molecule has 1 aliphatic heterocycles. The number of ether oxygens (including phenoxy) is 2. The van der Waals surface area contributed by atoms with E-state index in [1.165, 1.54) is 27.5 Å². The van der Waals surface area contributed by atoms with E-state index < -0.39 is 0 Å². The Morgan fingerprint density at radius 1 is 0.788 bits per heavy atom. The second kappa shape index (κ2) is 10.7. The van der Waals surface area contributed by atoms with Gasteiger partial charge in [0.25, 0.3) is 0 Å². The number of rotatable bonds is 8. The van der Waals surface area contributed by atoms with Gasteiger partial charge in [-0.15, -0.1) is 0 Å². The molecule has 0 bridgehead atoms. The summed E-state index contributed by atoms with van der Waals surface area (Å²) in [7, 11) is 0. The molecule has 0 aliphatic carbocycles. The highest BCUT2D eigenvalue weighted by molar-refractivity contribution is 5.82. The van der Waals surface area contributed by atoms with E-state index in [9.17, 15) is 0 Å². The Balaban J connectivity index is 1.18. The molecule has 1 fully saturated rings. The Labute approximate surface area is 195 Å². The lowest BCUT2D eigenvalue weighted by molar-refractivity contribution is 0.0106. The molecule has 0 spiro atoms. The number of nitrogens with one attached hydrogen (secondary N) is 1. The maximum absolute atomic E-state index is 6.44. The Kier molecular flexibility index (Phi) is 7.07. The molecule has 4 heteroatoms. The molecule has 3 aromatic carbocycles. The van der Waals surface area contributed by atoms with Crippen molar-refractivity contribution in [1.29, 1.82) is 0 Å². The van der Waals surface area contributed by atoms with E-state index in [1.54, 1.807) is 6.20 Å². The van der Waals surface area contributed by atoms with Crippen LogP contribution in [0.1, 0.15) is 34.6 Å². The lowest BCUT2D eigenvalue weighted by Crippen LogP contribution is -2.40. The van der Waals surface area contributed by atoms with Crippen molar-refractivity contribution in [2.45, 2.75) is 38.3 Å². The summed E-state index contributed by atoms with van der Waals surface area (Å²) >= 11 is 0. The monoisotopic (exact) mass is 438 g/mol. The second-order valence-corrected chi connectivity index (χ2v) is 8.73. The summed E-state index contributed by atoms with van der Waals surface area (Å²) in [6.45, 7) is 3.72. The standard InChI is InChI=1S/C29H30N2O2/c1-2-6-27-16-23(9-10-25(27)5-1)21-33-29-18-31-15-13-28(29)26-11-7-22(8-12-26)19-32-20-24-4-3-14-30-17-24/h1-12,14,16-17,28-29,31H,13,15,18-21H2. The summed E-state index contributed by atoms with van der Waals surface area (Å²) < 4.78 is 12.3. The maximum Gasteiger partial charge on any atom is 0.0772 e. The zero-order chi connectivity index (χ0) is 22.3. The van der Waals surface area contributed by atoms with Crippen LogP contribution in [0.2, 0.25) is 0 Å². The molecule has 4 aromatic rings. The van der Waals surface area contributed by atoms with Gasteiger partial charge in [-0.2, -0.15) is 0 Å². The number of hydrogen-bond donors (Lipinski definition) is 1. The lowest BCUT2D eigenvalue weighted by atomic mass is 9.87. The minimum atomic E-state index is 0.165. The third-order valence-corrected chi connectivity index (χ3v) is 6.37. The summed E-state index contributed by atoms with van der Waals surface area (Å²) in [5, 5.41) is 6.03. The van der Waals surface area contributed by atoms with Crippen molar-refractivity contribution in [2.75, 3.05) is 13.1 Å². The van der Waals surface area contributed by atoms with Crippen molar-refractivity contribution in [1.82, 2.24) is 10.3 Å². The molecule has 2 unspecified atom stereocenters. The normalized spacial score (nSPS) is 18.4. The van der Waals surface area contributed by atoms with Crippen molar-refractivity contribution in [3.63, 3.8) is 0 Å². The van der Waals surface area contributed by atoms with E-state index in [1.807, 2.05) is 18.3 Å². The van der Waals surface area contributed by atoms with E-state index in [0.29, 0.717) is 25.7 Å². The fourth-order valence-electron chi connectivity index (χ4n) is 4.55. The Morgan fingerprint density at radius 3 is 2.45 bits per heavy atom. The summed E-state index contributed by atoms with van der Waals surface area (Å²) in [4.78, 5) is 4.13. The molecular weight excluding hydrogens is 408 g/mol. The number of hydrogen-bond acceptors (Lipinski definition) is 4. The zero-order valence-electron chi connectivity index (χ0n) is 18.8. The zero-order valence-corrected chi connectivity index (χ0v) is 18.8. The molecule has 1 N–H and O–H groups in total. The van der Waals surface area contributed by atoms with Gasteiger partial charge in [0.05, 0.1) is 25.9 Å². The van der Waals surface area contributed by atoms with Crippen LogP contribution in [-0.2, 0) is 29.3 Å². The van der Waals surface area contributed by atoms with Crippen molar-refractivity contribution >= 4 is 10.8 Å². The molecule has 2 heterocycles. The fourth-order valence-corrected chi connectivity index (χ4v) is 4.55. The van der Waals surface area contributed by atoms with Gasteiger partial charge in [-0.1, -0.05) is 66.7 Å². The molecule has 0 amide bonds. The first-order chi connectivity index (χ1) is 16.3.